The Morgan fingerprint density at radius 3 is 2.56 bits per heavy atom. The number of amides is 2. The molecule has 0 aliphatic rings. The topological polar surface area (TPSA) is 71.1 Å². The molecule has 0 aliphatic carbocycles. The van der Waals surface area contributed by atoms with E-state index in [2.05, 4.69) is 15.6 Å². The highest BCUT2D eigenvalue weighted by molar-refractivity contribution is 7.14. The van der Waals surface area contributed by atoms with Crippen LogP contribution in [-0.4, -0.2) is 23.3 Å². The zero-order chi connectivity index (χ0) is 19.1. The quantitative estimate of drug-likeness (QED) is 0.640. The molecule has 0 saturated carbocycles. The largest absolute Gasteiger partial charge is 0.343 e. The summed E-state index contributed by atoms with van der Waals surface area (Å²) in [5.41, 5.74) is 3.91. The molecule has 0 aliphatic heterocycles. The Morgan fingerprint density at radius 2 is 1.81 bits per heavy atom. The van der Waals surface area contributed by atoms with Crippen LogP contribution >= 0.6 is 11.3 Å². The normalized spacial score (nSPS) is 10.7. The fourth-order valence-electron chi connectivity index (χ4n) is 2.31. The highest BCUT2D eigenvalue weighted by atomic mass is 32.1. The van der Waals surface area contributed by atoms with Crippen molar-refractivity contribution in [1.29, 1.82) is 0 Å². The highest BCUT2D eigenvalue weighted by Gasteiger charge is 2.08. The lowest BCUT2D eigenvalue weighted by molar-refractivity contribution is -0.121. The van der Waals surface area contributed by atoms with E-state index < -0.39 is 0 Å². The monoisotopic (exact) mass is 377 g/mol. The second kappa shape index (κ2) is 8.91. The lowest BCUT2D eigenvalue weighted by Gasteiger charge is -2.02. The Bertz CT molecular complexity index is 947. The molecular weight excluding hydrogens is 358 g/mol. The van der Waals surface area contributed by atoms with Crippen LogP contribution in [0.3, 0.4) is 0 Å². The first-order chi connectivity index (χ1) is 13.1. The average molecular weight is 377 g/mol. The van der Waals surface area contributed by atoms with Crippen LogP contribution in [0.1, 0.15) is 11.1 Å². The summed E-state index contributed by atoms with van der Waals surface area (Å²) < 4.78 is 0. The van der Waals surface area contributed by atoms with Crippen LogP contribution in [0.15, 0.2) is 66.1 Å². The van der Waals surface area contributed by atoms with Gasteiger partial charge in [0.2, 0.25) is 11.8 Å². The van der Waals surface area contributed by atoms with Gasteiger partial charge in [0, 0.05) is 17.0 Å². The molecule has 3 rings (SSSR count). The molecule has 6 heteroatoms. The summed E-state index contributed by atoms with van der Waals surface area (Å²) >= 11 is 1.35. The van der Waals surface area contributed by atoms with Crippen molar-refractivity contribution in [2.24, 2.45) is 0 Å². The van der Waals surface area contributed by atoms with E-state index in [0.29, 0.717) is 5.13 Å². The summed E-state index contributed by atoms with van der Waals surface area (Å²) in [5.74, 6) is -0.644. The van der Waals surface area contributed by atoms with Crippen LogP contribution in [0, 0.1) is 6.92 Å². The summed E-state index contributed by atoms with van der Waals surface area (Å²) in [7, 11) is 0. The van der Waals surface area contributed by atoms with Crippen LogP contribution in [0.5, 0.6) is 0 Å². The third-order valence-electron chi connectivity index (χ3n) is 3.75. The Balaban J connectivity index is 1.49. The number of aryl methyl sites for hydroxylation is 1. The zero-order valence-corrected chi connectivity index (χ0v) is 15.6. The van der Waals surface area contributed by atoms with E-state index in [1.54, 1.807) is 6.08 Å². The lowest BCUT2D eigenvalue weighted by Crippen LogP contribution is -2.31. The fraction of sp³-hybridized carbons (Fsp3) is 0.0952. The molecule has 0 fully saturated rings. The number of nitrogens with zero attached hydrogens (tertiary/aromatic N) is 1. The Labute approximate surface area is 161 Å². The van der Waals surface area contributed by atoms with Crippen molar-refractivity contribution in [3.8, 4) is 11.3 Å². The first-order valence-corrected chi connectivity index (χ1v) is 9.31. The summed E-state index contributed by atoms with van der Waals surface area (Å²) in [6, 6.07) is 17.5. The maximum atomic E-state index is 12.0. The number of carbonyl (C=O) groups is 2. The minimum absolute atomic E-state index is 0.114. The molecule has 2 N–H and O–H groups in total. The van der Waals surface area contributed by atoms with E-state index in [1.807, 2.05) is 66.9 Å². The Morgan fingerprint density at radius 1 is 1.07 bits per heavy atom. The van der Waals surface area contributed by atoms with Crippen molar-refractivity contribution in [2.75, 3.05) is 11.9 Å². The second-order valence-corrected chi connectivity index (χ2v) is 6.77. The van der Waals surface area contributed by atoms with Gasteiger partial charge in [0.1, 0.15) is 0 Å². The van der Waals surface area contributed by atoms with Gasteiger partial charge in [-0.1, -0.05) is 60.2 Å². The van der Waals surface area contributed by atoms with Gasteiger partial charge in [0.25, 0.3) is 0 Å². The molecule has 0 atom stereocenters. The van der Waals surface area contributed by atoms with Gasteiger partial charge in [-0.05, 0) is 18.6 Å². The molecule has 27 heavy (non-hydrogen) atoms. The SMILES string of the molecule is Cc1ccc(-c2csc(NC(=O)CNC(=O)/C=C/c3ccccc3)n2)cc1. The van der Waals surface area contributed by atoms with E-state index in [1.165, 1.54) is 23.0 Å². The van der Waals surface area contributed by atoms with Gasteiger partial charge in [-0.2, -0.15) is 0 Å². The van der Waals surface area contributed by atoms with Gasteiger partial charge < -0.3 is 10.6 Å². The van der Waals surface area contributed by atoms with E-state index in [4.69, 9.17) is 0 Å². The molecule has 1 heterocycles. The first kappa shape index (κ1) is 18.5. The zero-order valence-electron chi connectivity index (χ0n) is 14.8. The smallest absolute Gasteiger partial charge is 0.245 e. The lowest BCUT2D eigenvalue weighted by atomic mass is 10.1. The molecule has 0 unspecified atom stereocenters. The number of carbonyl (C=O) groups excluding carboxylic acids is 2. The van der Waals surface area contributed by atoms with Crippen molar-refractivity contribution < 1.29 is 9.59 Å². The molecule has 0 saturated heterocycles. The van der Waals surface area contributed by atoms with Gasteiger partial charge >= 0.3 is 0 Å². The van der Waals surface area contributed by atoms with Gasteiger partial charge in [0.15, 0.2) is 5.13 Å². The first-order valence-electron chi connectivity index (χ1n) is 8.43. The predicted molar refractivity (Wildman–Crippen MR) is 109 cm³/mol. The van der Waals surface area contributed by atoms with Crippen LogP contribution in [0.25, 0.3) is 17.3 Å². The molecule has 2 amide bonds. The summed E-state index contributed by atoms with van der Waals surface area (Å²) in [5, 5.41) is 7.65. The van der Waals surface area contributed by atoms with Gasteiger partial charge in [-0.25, -0.2) is 4.98 Å². The number of nitrogens with one attached hydrogen (secondary N) is 2. The van der Waals surface area contributed by atoms with Gasteiger partial charge in [-0.3, -0.25) is 9.59 Å². The second-order valence-electron chi connectivity index (χ2n) is 5.91. The number of rotatable bonds is 6. The van der Waals surface area contributed by atoms with Crippen molar-refractivity contribution in [1.82, 2.24) is 10.3 Å². The molecule has 136 valence electrons. The number of aromatic nitrogens is 1. The van der Waals surface area contributed by atoms with E-state index >= 15 is 0 Å². The minimum atomic E-state index is -0.325. The third-order valence-corrected chi connectivity index (χ3v) is 4.51. The average Bonchev–Trinajstić information content (AvgIpc) is 3.14. The predicted octanol–water partition coefficient (Wildman–Crippen LogP) is 3.89. The molecule has 5 nitrogen and oxygen atoms in total. The number of benzene rings is 2. The van der Waals surface area contributed by atoms with Gasteiger partial charge in [-0.15, -0.1) is 11.3 Å². The third kappa shape index (κ3) is 5.62. The fourth-order valence-corrected chi connectivity index (χ4v) is 3.05. The van der Waals surface area contributed by atoms with Gasteiger partial charge in [0.05, 0.1) is 12.2 Å². The molecule has 0 spiro atoms. The summed E-state index contributed by atoms with van der Waals surface area (Å²) in [6.07, 6.45) is 3.10. The van der Waals surface area contributed by atoms with Crippen molar-refractivity contribution in [3.05, 3.63) is 77.2 Å². The highest BCUT2D eigenvalue weighted by Crippen LogP contribution is 2.24. The maximum Gasteiger partial charge on any atom is 0.245 e. The number of hydrogen-bond acceptors (Lipinski definition) is 4. The minimum Gasteiger partial charge on any atom is -0.343 e. The van der Waals surface area contributed by atoms with Crippen LogP contribution in [0.2, 0.25) is 0 Å². The molecule has 3 aromatic rings. The molecule has 0 bridgehead atoms. The molecule has 2 aromatic carbocycles. The van der Waals surface area contributed by atoms with Crippen LogP contribution in [-0.2, 0) is 9.59 Å². The summed E-state index contributed by atoms with van der Waals surface area (Å²) in [4.78, 5) is 28.2. The van der Waals surface area contributed by atoms with E-state index in [9.17, 15) is 9.59 Å². The van der Waals surface area contributed by atoms with Crippen LogP contribution < -0.4 is 10.6 Å². The standard InChI is InChI=1S/C21H19N3O2S/c1-15-7-10-17(11-8-15)18-14-27-21(23-18)24-20(26)13-22-19(25)12-9-16-5-3-2-4-6-16/h2-12,14H,13H2,1H3,(H,22,25)(H,23,24,26)/b12-9+. The summed E-state index contributed by atoms with van der Waals surface area (Å²) in [6.45, 7) is 1.91. The molecular formula is C21H19N3O2S. The molecule has 0 radical (unpaired) electrons. The van der Waals surface area contributed by atoms with Crippen molar-refractivity contribution in [2.45, 2.75) is 6.92 Å². The Hall–Kier alpha value is -3.25. The number of hydrogen-bond donors (Lipinski definition) is 2. The van der Waals surface area contributed by atoms with E-state index in [-0.39, 0.29) is 18.4 Å². The number of anilines is 1. The van der Waals surface area contributed by atoms with E-state index in [0.717, 1.165) is 16.8 Å². The number of thiazole rings is 1. The maximum absolute atomic E-state index is 12.0. The molecule has 1 aromatic heterocycles. The van der Waals surface area contributed by atoms with Crippen molar-refractivity contribution >= 4 is 34.4 Å². The Kier molecular flexibility index (Phi) is 6.12. The van der Waals surface area contributed by atoms with Crippen molar-refractivity contribution in [3.63, 3.8) is 0 Å². The van der Waals surface area contributed by atoms with Crippen LogP contribution in [0.4, 0.5) is 5.13 Å².